The number of carboxylic acids is 1. The maximum Gasteiger partial charge on any atom is 0.331 e. The molecule has 0 aliphatic rings. The lowest BCUT2D eigenvalue weighted by molar-refractivity contribution is -0.138. The minimum atomic E-state index is -0.901. The van der Waals surface area contributed by atoms with Crippen LogP contribution >= 0.6 is 22.7 Å². The number of thiophene rings is 1. The Labute approximate surface area is 117 Å². The lowest BCUT2D eigenvalue weighted by Gasteiger charge is -2.11. The van der Waals surface area contributed by atoms with Crippen molar-refractivity contribution in [3.05, 3.63) is 46.7 Å². The molecule has 2 aromatic heterocycles. The summed E-state index contributed by atoms with van der Waals surface area (Å²) in [7, 11) is 0. The molecule has 3 aromatic rings. The topological polar surface area (TPSA) is 62.2 Å². The molecule has 0 amide bonds. The number of hydrogen-bond donors (Lipinski definition) is 2. The highest BCUT2D eigenvalue weighted by atomic mass is 32.1. The van der Waals surface area contributed by atoms with E-state index < -0.39 is 12.0 Å². The summed E-state index contributed by atoms with van der Waals surface area (Å²) in [4.78, 5) is 16.5. The van der Waals surface area contributed by atoms with Crippen LogP contribution in [-0.4, -0.2) is 16.1 Å². The zero-order chi connectivity index (χ0) is 13.2. The van der Waals surface area contributed by atoms with Gasteiger partial charge in [-0.1, -0.05) is 29.5 Å². The van der Waals surface area contributed by atoms with E-state index in [1.54, 1.807) is 0 Å². The molecule has 2 N–H and O–H groups in total. The second-order valence-electron chi connectivity index (χ2n) is 3.92. The van der Waals surface area contributed by atoms with Crippen LogP contribution < -0.4 is 5.32 Å². The second kappa shape index (κ2) is 4.99. The summed E-state index contributed by atoms with van der Waals surface area (Å²) in [6.45, 7) is 0. The third kappa shape index (κ3) is 2.45. The average molecular weight is 290 g/mol. The molecule has 4 nitrogen and oxygen atoms in total. The SMILES string of the molecule is O=C(O)C(Nc1nc2ccccc2s1)c1cccs1. The molecule has 6 heteroatoms. The number of carboxylic acid groups (broad SMARTS) is 1. The number of anilines is 1. The number of fused-ring (bicyclic) bond motifs is 1. The first kappa shape index (κ1) is 12.1. The molecule has 1 unspecified atom stereocenters. The Morgan fingerprint density at radius 3 is 2.79 bits per heavy atom. The van der Waals surface area contributed by atoms with Crippen LogP contribution in [0.25, 0.3) is 10.2 Å². The standard InChI is InChI=1S/C13H10N2O2S2/c16-12(17)11(10-6-3-7-18-10)15-13-14-8-4-1-2-5-9(8)19-13/h1-7,11H,(H,14,15)(H,16,17). The van der Waals surface area contributed by atoms with E-state index in [-0.39, 0.29) is 0 Å². The molecule has 0 saturated carbocycles. The number of aliphatic carboxylic acids is 1. The van der Waals surface area contributed by atoms with Crippen LogP contribution in [0.3, 0.4) is 0 Å². The minimum Gasteiger partial charge on any atom is -0.479 e. The summed E-state index contributed by atoms with van der Waals surface area (Å²) in [6, 6.07) is 10.6. The quantitative estimate of drug-likeness (QED) is 0.770. The van der Waals surface area contributed by atoms with Gasteiger partial charge in [0.2, 0.25) is 0 Å². The van der Waals surface area contributed by atoms with E-state index in [0.717, 1.165) is 15.1 Å². The summed E-state index contributed by atoms with van der Waals surface area (Å²) < 4.78 is 1.04. The van der Waals surface area contributed by atoms with Gasteiger partial charge >= 0.3 is 5.97 Å². The van der Waals surface area contributed by atoms with Gasteiger partial charge in [-0.05, 0) is 23.6 Å². The Balaban J connectivity index is 1.91. The van der Waals surface area contributed by atoms with Gasteiger partial charge in [-0.3, -0.25) is 0 Å². The first-order valence-corrected chi connectivity index (χ1v) is 7.32. The molecule has 0 bridgehead atoms. The van der Waals surface area contributed by atoms with Crippen LogP contribution in [0.5, 0.6) is 0 Å². The van der Waals surface area contributed by atoms with Crippen molar-refractivity contribution in [3.63, 3.8) is 0 Å². The molecule has 0 aliphatic heterocycles. The molecule has 0 saturated heterocycles. The smallest absolute Gasteiger partial charge is 0.331 e. The van der Waals surface area contributed by atoms with Crippen molar-refractivity contribution in [2.45, 2.75) is 6.04 Å². The molecule has 0 aliphatic carbocycles. The Hall–Kier alpha value is -1.92. The van der Waals surface area contributed by atoms with Crippen LogP contribution in [0.4, 0.5) is 5.13 Å². The number of rotatable bonds is 4. The zero-order valence-electron chi connectivity index (χ0n) is 9.74. The van der Waals surface area contributed by atoms with Gasteiger partial charge in [0, 0.05) is 4.88 Å². The molecule has 1 aromatic carbocycles. The van der Waals surface area contributed by atoms with Gasteiger partial charge in [-0.15, -0.1) is 11.3 Å². The highest BCUT2D eigenvalue weighted by molar-refractivity contribution is 7.22. The van der Waals surface area contributed by atoms with Crippen molar-refractivity contribution in [3.8, 4) is 0 Å². The predicted molar refractivity (Wildman–Crippen MR) is 77.9 cm³/mol. The first-order valence-electron chi connectivity index (χ1n) is 5.62. The first-order chi connectivity index (χ1) is 9.24. The van der Waals surface area contributed by atoms with Crippen molar-refractivity contribution in [1.82, 2.24) is 4.98 Å². The van der Waals surface area contributed by atoms with E-state index in [1.807, 2.05) is 41.8 Å². The van der Waals surface area contributed by atoms with Crippen molar-refractivity contribution in [1.29, 1.82) is 0 Å². The number of nitrogens with zero attached hydrogens (tertiary/aromatic N) is 1. The minimum absolute atomic E-state index is 0.627. The average Bonchev–Trinajstić information content (AvgIpc) is 3.04. The number of nitrogens with one attached hydrogen (secondary N) is 1. The molecule has 1 atom stereocenters. The van der Waals surface area contributed by atoms with Crippen LogP contribution in [0.15, 0.2) is 41.8 Å². The Morgan fingerprint density at radius 1 is 1.26 bits per heavy atom. The Morgan fingerprint density at radius 2 is 2.11 bits per heavy atom. The van der Waals surface area contributed by atoms with Crippen molar-refractivity contribution in [2.24, 2.45) is 0 Å². The Bertz CT molecular complexity index is 673. The number of para-hydroxylation sites is 1. The predicted octanol–water partition coefficient (Wildman–Crippen LogP) is 3.60. The highest BCUT2D eigenvalue weighted by Gasteiger charge is 2.21. The third-order valence-corrected chi connectivity index (χ3v) is 4.54. The number of thiazole rings is 1. The Kier molecular flexibility index (Phi) is 3.18. The largest absolute Gasteiger partial charge is 0.479 e. The summed E-state index contributed by atoms with van der Waals surface area (Å²) in [5.74, 6) is -0.901. The van der Waals surface area contributed by atoms with Gasteiger partial charge in [0.05, 0.1) is 10.2 Å². The van der Waals surface area contributed by atoms with Crippen LogP contribution in [0.2, 0.25) is 0 Å². The van der Waals surface area contributed by atoms with Gasteiger partial charge < -0.3 is 10.4 Å². The van der Waals surface area contributed by atoms with E-state index in [9.17, 15) is 9.90 Å². The second-order valence-corrected chi connectivity index (χ2v) is 5.93. The maximum atomic E-state index is 11.3. The lowest BCUT2D eigenvalue weighted by atomic mass is 10.2. The molecule has 0 radical (unpaired) electrons. The molecule has 0 fully saturated rings. The molecule has 2 heterocycles. The highest BCUT2D eigenvalue weighted by Crippen LogP contribution is 2.30. The van der Waals surface area contributed by atoms with Gasteiger partial charge in [0.1, 0.15) is 0 Å². The number of benzene rings is 1. The zero-order valence-corrected chi connectivity index (χ0v) is 11.4. The lowest BCUT2D eigenvalue weighted by Crippen LogP contribution is -2.19. The summed E-state index contributed by atoms with van der Waals surface area (Å²) in [5.41, 5.74) is 0.880. The van der Waals surface area contributed by atoms with Crippen molar-refractivity contribution in [2.75, 3.05) is 5.32 Å². The fourth-order valence-electron chi connectivity index (χ4n) is 1.77. The van der Waals surface area contributed by atoms with E-state index in [2.05, 4.69) is 10.3 Å². The fourth-order valence-corrected chi connectivity index (χ4v) is 3.43. The van der Waals surface area contributed by atoms with E-state index >= 15 is 0 Å². The van der Waals surface area contributed by atoms with Crippen LogP contribution in [-0.2, 0) is 4.79 Å². The molecular weight excluding hydrogens is 280 g/mol. The maximum absolute atomic E-state index is 11.3. The molecule has 0 spiro atoms. The van der Waals surface area contributed by atoms with E-state index in [4.69, 9.17) is 0 Å². The number of carbonyl (C=O) groups is 1. The summed E-state index contributed by atoms with van der Waals surface area (Å²) >= 11 is 2.88. The third-order valence-electron chi connectivity index (χ3n) is 2.64. The van der Waals surface area contributed by atoms with Crippen molar-refractivity contribution < 1.29 is 9.90 Å². The normalized spacial score (nSPS) is 12.4. The summed E-state index contributed by atoms with van der Waals surface area (Å²) in [6.07, 6.45) is 0. The van der Waals surface area contributed by atoms with Gasteiger partial charge in [0.15, 0.2) is 11.2 Å². The van der Waals surface area contributed by atoms with Crippen LogP contribution in [0.1, 0.15) is 10.9 Å². The van der Waals surface area contributed by atoms with E-state index in [0.29, 0.717) is 5.13 Å². The molecule has 19 heavy (non-hydrogen) atoms. The molecule has 3 rings (SSSR count). The molecular formula is C13H10N2O2S2. The van der Waals surface area contributed by atoms with Gasteiger partial charge in [0.25, 0.3) is 0 Å². The van der Waals surface area contributed by atoms with Crippen molar-refractivity contribution >= 4 is 44.0 Å². The molecule has 96 valence electrons. The monoisotopic (exact) mass is 290 g/mol. The number of aromatic nitrogens is 1. The number of hydrogen-bond acceptors (Lipinski definition) is 5. The van der Waals surface area contributed by atoms with Crippen LogP contribution in [0, 0.1) is 0 Å². The van der Waals surface area contributed by atoms with E-state index in [1.165, 1.54) is 22.7 Å². The summed E-state index contributed by atoms with van der Waals surface area (Å²) in [5, 5.41) is 14.8. The van der Waals surface area contributed by atoms with Gasteiger partial charge in [-0.2, -0.15) is 0 Å². The fraction of sp³-hybridized carbons (Fsp3) is 0.0769. The van der Waals surface area contributed by atoms with Gasteiger partial charge in [-0.25, -0.2) is 9.78 Å².